The average molecular weight is 265 g/mol. The molecule has 7 heteroatoms. The van der Waals surface area contributed by atoms with Crippen molar-refractivity contribution in [3.8, 4) is 0 Å². The highest BCUT2D eigenvalue weighted by Gasteiger charge is 2.09. The second kappa shape index (κ2) is 5.89. The van der Waals surface area contributed by atoms with Crippen molar-refractivity contribution in [2.75, 3.05) is 11.9 Å². The number of halogens is 3. The Morgan fingerprint density at radius 2 is 2.00 bits per heavy atom. The molecule has 1 aromatic rings. The molecule has 0 amide bonds. The second-order valence-corrected chi connectivity index (χ2v) is 3.65. The molecule has 0 atom stereocenters. The van der Waals surface area contributed by atoms with Crippen LogP contribution in [0.25, 0.3) is 0 Å². The number of rotatable bonds is 2. The van der Waals surface area contributed by atoms with Gasteiger partial charge in [0.05, 0.1) is 15.7 Å². The smallest absolute Gasteiger partial charge is 0.210 e. The van der Waals surface area contributed by atoms with Crippen LogP contribution in [-0.4, -0.2) is 12.5 Å². The summed E-state index contributed by atoms with van der Waals surface area (Å²) in [5, 5.41) is 3.09. The molecule has 0 fully saturated rings. The van der Waals surface area contributed by atoms with Gasteiger partial charge in [-0.05, 0) is 19.1 Å². The molecule has 0 saturated carbocycles. The molecule has 4 N–H and O–H groups in total. The van der Waals surface area contributed by atoms with Gasteiger partial charge in [0.25, 0.3) is 0 Å². The first-order valence-electron chi connectivity index (χ1n) is 4.51. The third kappa shape index (κ3) is 3.23. The molecule has 0 aromatic heterocycles. The first-order chi connectivity index (χ1) is 7.58. The Morgan fingerprint density at radius 3 is 2.44 bits per heavy atom. The van der Waals surface area contributed by atoms with E-state index in [4.69, 9.17) is 29.0 Å². The number of nitrogens with two attached hydrogens (primary N) is 1. The molecule has 0 saturated heterocycles. The van der Waals surface area contributed by atoms with E-state index in [9.17, 15) is 4.39 Å². The number of anilines is 1. The fraction of sp³-hybridized carbons (Fsp3) is 0.222. The lowest BCUT2D eigenvalue weighted by atomic mass is 10.3. The van der Waals surface area contributed by atoms with Gasteiger partial charge >= 0.3 is 0 Å². The van der Waals surface area contributed by atoms with Crippen molar-refractivity contribution < 1.29 is 4.39 Å². The number of hydrogen-bond donors (Lipinski definition) is 3. The van der Waals surface area contributed by atoms with E-state index in [0.29, 0.717) is 18.2 Å². The number of hydrogen-bond acceptors (Lipinski definition) is 2. The molecule has 0 unspecified atom stereocenters. The highest BCUT2D eigenvalue weighted by molar-refractivity contribution is 6.39. The van der Waals surface area contributed by atoms with E-state index in [1.165, 1.54) is 0 Å². The largest absolute Gasteiger partial charge is 0.323 e. The van der Waals surface area contributed by atoms with Crippen LogP contribution in [0.4, 0.5) is 10.1 Å². The van der Waals surface area contributed by atoms with Gasteiger partial charge in [-0.3, -0.25) is 10.4 Å². The molecule has 16 heavy (non-hydrogen) atoms. The van der Waals surface area contributed by atoms with Gasteiger partial charge in [-0.2, -0.15) is 0 Å². The molecule has 1 rings (SSSR count). The molecule has 0 aliphatic carbocycles. The molecule has 4 nitrogen and oxygen atoms in total. The Hall–Kier alpha value is -1.04. The van der Waals surface area contributed by atoms with E-state index >= 15 is 0 Å². The van der Waals surface area contributed by atoms with Gasteiger partial charge in [-0.15, -0.1) is 0 Å². The van der Waals surface area contributed by atoms with Crippen LogP contribution in [-0.2, 0) is 0 Å². The van der Waals surface area contributed by atoms with Crippen LogP contribution in [0, 0.1) is 5.82 Å². The van der Waals surface area contributed by atoms with E-state index in [-0.39, 0.29) is 10.0 Å². The summed E-state index contributed by atoms with van der Waals surface area (Å²) in [6.45, 7) is 2.37. The molecule has 0 radical (unpaired) electrons. The van der Waals surface area contributed by atoms with Gasteiger partial charge in [-0.1, -0.05) is 23.2 Å². The Morgan fingerprint density at radius 1 is 1.44 bits per heavy atom. The van der Waals surface area contributed by atoms with Gasteiger partial charge in [0, 0.05) is 6.54 Å². The van der Waals surface area contributed by atoms with Crippen molar-refractivity contribution in [2.24, 2.45) is 10.8 Å². The summed E-state index contributed by atoms with van der Waals surface area (Å²) in [4.78, 5) is 4.00. The number of guanidine groups is 1. The molecule has 0 heterocycles. The van der Waals surface area contributed by atoms with E-state index in [0.717, 1.165) is 12.1 Å². The van der Waals surface area contributed by atoms with Crippen LogP contribution < -0.4 is 16.6 Å². The quantitative estimate of drug-likeness (QED) is 0.333. The average Bonchev–Trinajstić information content (AvgIpc) is 2.21. The first kappa shape index (κ1) is 13.0. The zero-order valence-corrected chi connectivity index (χ0v) is 10.0. The third-order valence-electron chi connectivity index (χ3n) is 1.70. The maximum atomic E-state index is 12.9. The van der Waals surface area contributed by atoms with Crippen LogP contribution in [0.5, 0.6) is 0 Å². The van der Waals surface area contributed by atoms with Gasteiger partial charge < -0.3 is 5.32 Å². The number of nitrogens with zero attached hydrogens (tertiary/aromatic N) is 1. The van der Waals surface area contributed by atoms with Crippen LogP contribution >= 0.6 is 23.2 Å². The van der Waals surface area contributed by atoms with Crippen molar-refractivity contribution in [3.05, 3.63) is 28.0 Å². The molecule has 0 bridgehead atoms. The van der Waals surface area contributed by atoms with Gasteiger partial charge in [-0.25, -0.2) is 10.2 Å². The Balaban J connectivity index is 3.01. The van der Waals surface area contributed by atoms with Crippen molar-refractivity contribution in [3.63, 3.8) is 0 Å². The van der Waals surface area contributed by atoms with Crippen LogP contribution in [0.2, 0.25) is 10.0 Å². The Kier molecular flexibility index (Phi) is 4.79. The van der Waals surface area contributed by atoms with Crippen LogP contribution in [0.1, 0.15) is 6.92 Å². The van der Waals surface area contributed by atoms with Crippen LogP contribution in [0.15, 0.2) is 17.1 Å². The number of nitrogens with one attached hydrogen (secondary N) is 2. The highest BCUT2D eigenvalue weighted by atomic mass is 35.5. The van der Waals surface area contributed by atoms with Crippen LogP contribution in [0.3, 0.4) is 0 Å². The first-order valence-corrected chi connectivity index (χ1v) is 5.26. The maximum absolute atomic E-state index is 12.9. The van der Waals surface area contributed by atoms with E-state index < -0.39 is 5.82 Å². The summed E-state index contributed by atoms with van der Waals surface area (Å²) in [5.74, 6) is 5.03. The maximum Gasteiger partial charge on any atom is 0.210 e. The summed E-state index contributed by atoms with van der Waals surface area (Å²) in [6.07, 6.45) is 0. The number of benzene rings is 1. The highest BCUT2D eigenvalue weighted by Crippen LogP contribution is 2.31. The normalized spacial score (nSPS) is 11.4. The third-order valence-corrected chi connectivity index (χ3v) is 2.30. The lowest BCUT2D eigenvalue weighted by Crippen LogP contribution is -2.36. The predicted molar refractivity (Wildman–Crippen MR) is 65.3 cm³/mol. The van der Waals surface area contributed by atoms with E-state index in [1.807, 2.05) is 6.92 Å². The molecule has 1 aromatic carbocycles. The van der Waals surface area contributed by atoms with Crippen molar-refractivity contribution >= 4 is 34.8 Å². The summed E-state index contributed by atoms with van der Waals surface area (Å²) in [5.41, 5.74) is 2.70. The molecule has 88 valence electrons. The minimum absolute atomic E-state index is 0.157. The lowest BCUT2D eigenvalue weighted by Gasteiger charge is -2.12. The van der Waals surface area contributed by atoms with Gasteiger partial charge in [0.15, 0.2) is 0 Å². The second-order valence-electron chi connectivity index (χ2n) is 2.84. The van der Waals surface area contributed by atoms with Gasteiger partial charge in [0.2, 0.25) is 5.96 Å². The zero-order chi connectivity index (χ0) is 12.1. The summed E-state index contributed by atoms with van der Waals surface area (Å²) in [7, 11) is 0. The lowest BCUT2D eigenvalue weighted by molar-refractivity contribution is 0.628. The monoisotopic (exact) mass is 264 g/mol. The number of hydrazine groups is 1. The molecule has 0 aliphatic rings. The molecule has 0 spiro atoms. The molecular weight excluding hydrogens is 254 g/mol. The minimum atomic E-state index is -0.504. The van der Waals surface area contributed by atoms with Crippen molar-refractivity contribution in [1.29, 1.82) is 0 Å². The molecule has 0 aliphatic heterocycles. The summed E-state index contributed by atoms with van der Waals surface area (Å²) in [6, 6.07) is 2.30. The van der Waals surface area contributed by atoms with Gasteiger partial charge in [0.1, 0.15) is 5.82 Å². The fourth-order valence-corrected chi connectivity index (χ4v) is 1.61. The van der Waals surface area contributed by atoms with E-state index in [1.54, 1.807) is 0 Å². The van der Waals surface area contributed by atoms with Crippen molar-refractivity contribution in [1.82, 2.24) is 5.43 Å². The van der Waals surface area contributed by atoms with E-state index in [2.05, 4.69) is 15.7 Å². The summed E-state index contributed by atoms with van der Waals surface area (Å²) >= 11 is 11.7. The SMILES string of the molecule is CCN=C(NN)Nc1c(Cl)cc(F)cc1Cl. The number of aliphatic imine (C=N–C) groups is 1. The fourth-order valence-electron chi connectivity index (χ4n) is 1.06. The Labute approximate surface area is 103 Å². The molecular formula is C9H11Cl2FN4. The topological polar surface area (TPSA) is 62.4 Å². The standard InChI is InChI=1S/C9H11Cl2FN4/c1-2-14-9(16-13)15-8-6(10)3-5(12)4-7(8)11/h3-4H,2,13H2,1H3,(H2,14,15,16). The van der Waals surface area contributed by atoms with Crippen molar-refractivity contribution in [2.45, 2.75) is 6.92 Å². The zero-order valence-electron chi connectivity index (χ0n) is 8.52. The Bertz CT molecular complexity index is 385. The predicted octanol–water partition coefficient (Wildman–Crippen LogP) is 2.38. The summed E-state index contributed by atoms with van der Waals surface area (Å²) < 4.78 is 12.9. The minimum Gasteiger partial charge on any atom is -0.323 e.